The van der Waals surface area contributed by atoms with Crippen LogP contribution in [0.25, 0.3) is 0 Å². The van der Waals surface area contributed by atoms with Crippen molar-refractivity contribution in [2.75, 3.05) is 42.6 Å². The topological polar surface area (TPSA) is 49.3 Å². The third-order valence-corrected chi connectivity index (χ3v) is 5.49. The number of piperidine rings is 1. The summed E-state index contributed by atoms with van der Waals surface area (Å²) < 4.78 is 0. The average molecular weight is 320 g/mol. The molecule has 5 nitrogen and oxygen atoms in total. The van der Waals surface area contributed by atoms with Crippen LogP contribution in [-0.2, 0) is 11.2 Å². The Morgan fingerprint density at radius 1 is 1.18 bits per heavy atom. The monoisotopic (exact) mass is 320 g/mol. The van der Waals surface area contributed by atoms with Crippen molar-refractivity contribution in [3.05, 3.63) is 18.0 Å². The first kappa shape index (κ1) is 15.6. The zero-order valence-corrected chi connectivity index (χ0v) is 14.0. The Bertz CT molecular complexity index is 493. The number of carbonyl (C=O) groups is 1. The van der Waals surface area contributed by atoms with Gasteiger partial charge in [0.25, 0.3) is 0 Å². The highest BCUT2D eigenvalue weighted by Gasteiger charge is 2.29. The summed E-state index contributed by atoms with van der Waals surface area (Å²) in [6.07, 6.45) is 6.61. The fraction of sp³-hybridized carbons (Fsp3) is 0.688. The van der Waals surface area contributed by atoms with E-state index in [1.54, 1.807) is 0 Å². The molecule has 0 spiro atoms. The first-order valence-corrected chi connectivity index (χ1v) is 9.36. The van der Waals surface area contributed by atoms with Crippen molar-refractivity contribution < 1.29 is 4.79 Å². The van der Waals surface area contributed by atoms with Gasteiger partial charge in [-0.15, -0.1) is 0 Å². The first-order valence-electron chi connectivity index (χ1n) is 8.20. The summed E-state index contributed by atoms with van der Waals surface area (Å²) in [4.78, 5) is 25.7. The van der Waals surface area contributed by atoms with Gasteiger partial charge in [-0.05, 0) is 24.8 Å². The van der Waals surface area contributed by atoms with Gasteiger partial charge in [0.05, 0.1) is 0 Å². The minimum Gasteiger partial charge on any atom is -0.341 e. The summed E-state index contributed by atoms with van der Waals surface area (Å²) in [6.45, 7) is 5.71. The quantitative estimate of drug-likeness (QED) is 0.850. The SMILES string of the molecule is CCc1cnc(N2CCC(C(=O)N3CCSCC3)CC2)nc1. The number of aryl methyl sites for hydroxylation is 1. The van der Waals surface area contributed by atoms with E-state index in [1.165, 1.54) is 0 Å². The number of carbonyl (C=O) groups excluding carboxylic acids is 1. The lowest BCUT2D eigenvalue weighted by Crippen LogP contribution is -2.45. The van der Waals surface area contributed by atoms with Crippen LogP contribution in [0.5, 0.6) is 0 Å². The molecule has 1 amide bonds. The van der Waals surface area contributed by atoms with Gasteiger partial charge in [0.2, 0.25) is 11.9 Å². The van der Waals surface area contributed by atoms with E-state index < -0.39 is 0 Å². The van der Waals surface area contributed by atoms with Gasteiger partial charge in [0.1, 0.15) is 0 Å². The Balaban J connectivity index is 1.54. The molecule has 1 aromatic rings. The van der Waals surface area contributed by atoms with Gasteiger partial charge >= 0.3 is 0 Å². The average Bonchev–Trinajstić information content (AvgIpc) is 2.62. The maximum absolute atomic E-state index is 12.5. The van der Waals surface area contributed by atoms with E-state index >= 15 is 0 Å². The van der Waals surface area contributed by atoms with Crippen molar-refractivity contribution in [2.45, 2.75) is 26.2 Å². The van der Waals surface area contributed by atoms with Crippen LogP contribution in [0.1, 0.15) is 25.3 Å². The molecular weight excluding hydrogens is 296 g/mol. The van der Waals surface area contributed by atoms with E-state index in [0.29, 0.717) is 5.91 Å². The number of aromatic nitrogens is 2. The predicted molar refractivity (Wildman–Crippen MR) is 90.3 cm³/mol. The van der Waals surface area contributed by atoms with Crippen molar-refractivity contribution in [3.63, 3.8) is 0 Å². The van der Waals surface area contributed by atoms with Crippen LogP contribution in [-0.4, -0.2) is 58.5 Å². The van der Waals surface area contributed by atoms with Gasteiger partial charge in [0.15, 0.2) is 0 Å². The zero-order valence-electron chi connectivity index (χ0n) is 13.2. The number of hydrogen-bond donors (Lipinski definition) is 0. The largest absolute Gasteiger partial charge is 0.341 e. The third-order valence-electron chi connectivity index (χ3n) is 4.55. The molecule has 0 aromatic carbocycles. The fourth-order valence-electron chi connectivity index (χ4n) is 3.06. The van der Waals surface area contributed by atoms with Gasteiger partial charge in [-0.1, -0.05) is 6.92 Å². The van der Waals surface area contributed by atoms with Crippen LogP contribution in [0.15, 0.2) is 12.4 Å². The minimum atomic E-state index is 0.189. The summed E-state index contributed by atoms with van der Waals surface area (Å²) in [5.41, 5.74) is 1.16. The maximum atomic E-state index is 12.5. The second-order valence-electron chi connectivity index (χ2n) is 5.94. The molecular formula is C16H24N4OS. The molecule has 0 saturated carbocycles. The van der Waals surface area contributed by atoms with Crippen molar-refractivity contribution >= 4 is 23.6 Å². The summed E-state index contributed by atoms with van der Waals surface area (Å²) in [7, 11) is 0. The van der Waals surface area contributed by atoms with Gasteiger partial charge in [-0.3, -0.25) is 4.79 Å². The molecule has 3 heterocycles. The zero-order chi connectivity index (χ0) is 15.4. The molecule has 0 N–H and O–H groups in total. The maximum Gasteiger partial charge on any atom is 0.225 e. The summed E-state index contributed by atoms with van der Waals surface area (Å²) in [6, 6.07) is 0. The molecule has 0 atom stereocenters. The molecule has 0 bridgehead atoms. The highest BCUT2D eigenvalue weighted by molar-refractivity contribution is 7.99. The standard InChI is InChI=1S/C16H24N4OS/c1-2-13-11-17-16(18-12-13)20-5-3-14(4-6-20)15(21)19-7-9-22-10-8-19/h11-12,14H,2-10H2,1H3. The summed E-state index contributed by atoms with van der Waals surface area (Å²) in [5, 5.41) is 0. The number of thioether (sulfide) groups is 1. The highest BCUT2D eigenvalue weighted by Crippen LogP contribution is 2.23. The van der Waals surface area contributed by atoms with Crippen LogP contribution in [0, 0.1) is 5.92 Å². The second kappa shape index (κ2) is 7.31. The summed E-state index contributed by atoms with van der Waals surface area (Å²) in [5.74, 6) is 3.53. The fourth-order valence-corrected chi connectivity index (χ4v) is 3.97. The molecule has 1 aromatic heterocycles. The van der Waals surface area contributed by atoms with Crippen LogP contribution >= 0.6 is 11.8 Å². The Kier molecular flexibility index (Phi) is 5.18. The van der Waals surface area contributed by atoms with E-state index in [2.05, 4.69) is 26.7 Å². The van der Waals surface area contributed by atoms with E-state index in [0.717, 1.165) is 68.5 Å². The Hall–Kier alpha value is -1.30. The minimum absolute atomic E-state index is 0.189. The number of anilines is 1. The number of hydrogen-bond acceptors (Lipinski definition) is 5. The van der Waals surface area contributed by atoms with Crippen LogP contribution in [0.3, 0.4) is 0 Å². The van der Waals surface area contributed by atoms with Crippen molar-refractivity contribution in [1.82, 2.24) is 14.9 Å². The molecule has 2 aliphatic heterocycles. The Morgan fingerprint density at radius 3 is 2.41 bits per heavy atom. The Morgan fingerprint density at radius 2 is 1.82 bits per heavy atom. The van der Waals surface area contributed by atoms with Crippen LogP contribution in [0.2, 0.25) is 0 Å². The Labute approximate surface area is 136 Å². The molecule has 0 unspecified atom stereocenters. The lowest BCUT2D eigenvalue weighted by molar-refractivity contribution is -0.135. The first-order chi connectivity index (χ1) is 10.8. The third kappa shape index (κ3) is 3.54. The molecule has 0 radical (unpaired) electrons. The van der Waals surface area contributed by atoms with E-state index in [-0.39, 0.29) is 5.92 Å². The van der Waals surface area contributed by atoms with Crippen molar-refractivity contribution in [3.8, 4) is 0 Å². The molecule has 22 heavy (non-hydrogen) atoms. The van der Waals surface area contributed by atoms with Crippen LogP contribution in [0.4, 0.5) is 5.95 Å². The lowest BCUT2D eigenvalue weighted by Gasteiger charge is -2.35. The molecule has 2 aliphatic rings. The smallest absolute Gasteiger partial charge is 0.225 e. The molecule has 2 fully saturated rings. The molecule has 6 heteroatoms. The van der Waals surface area contributed by atoms with Crippen molar-refractivity contribution in [2.24, 2.45) is 5.92 Å². The highest BCUT2D eigenvalue weighted by atomic mass is 32.2. The molecule has 3 rings (SSSR count). The lowest BCUT2D eigenvalue weighted by atomic mass is 9.95. The van der Waals surface area contributed by atoms with Crippen molar-refractivity contribution in [1.29, 1.82) is 0 Å². The van der Waals surface area contributed by atoms with Gasteiger partial charge in [0, 0.05) is 56.0 Å². The van der Waals surface area contributed by atoms with E-state index in [9.17, 15) is 4.79 Å². The predicted octanol–water partition coefficient (Wildman–Crippen LogP) is 1.83. The number of nitrogens with zero attached hydrogens (tertiary/aromatic N) is 4. The van der Waals surface area contributed by atoms with Gasteiger partial charge in [-0.2, -0.15) is 11.8 Å². The molecule has 0 aliphatic carbocycles. The normalized spacial score (nSPS) is 20.2. The number of amides is 1. The molecule has 2 saturated heterocycles. The number of rotatable bonds is 3. The van der Waals surface area contributed by atoms with Gasteiger partial charge in [-0.25, -0.2) is 9.97 Å². The van der Waals surface area contributed by atoms with E-state index in [4.69, 9.17) is 0 Å². The second-order valence-corrected chi connectivity index (χ2v) is 7.17. The van der Waals surface area contributed by atoms with Crippen LogP contribution < -0.4 is 4.90 Å². The van der Waals surface area contributed by atoms with E-state index in [1.807, 2.05) is 24.2 Å². The van der Waals surface area contributed by atoms with Gasteiger partial charge < -0.3 is 9.80 Å². The summed E-state index contributed by atoms with van der Waals surface area (Å²) >= 11 is 1.94. The molecule has 120 valence electrons.